The minimum Gasteiger partial charge on any atom is -0.345 e. The Balaban J connectivity index is 2.38. The minimum absolute atomic E-state index is 0.205. The Kier molecular flexibility index (Phi) is 2.68. The van der Waals surface area contributed by atoms with Crippen LogP contribution in [-0.4, -0.2) is 23.0 Å². The van der Waals surface area contributed by atoms with Crippen LogP contribution >= 0.6 is 0 Å². The summed E-state index contributed by atoms with van der Waals surface area (Å²) in [6.07, 6.45) is 1.72. The molecule has 1 rings (SSSR count). The molecule has 66 valence electrons. The van der Waals surface area contributed by atoms with E-state index in [0.29, 0.717) is 6.54 Å². The highest BCUT2D eigenvalue weighted by Crippen LogP contribution is 1.93. The van der Waals surface area contributed by atoms with E-state index in [4.69, 9.17) is 0 Å². The lowest BCUT2D eigenvalue weighted by Crippen LogP contribution is -2.32. The molecule has 0 atom stereocenters. The largest absolute Gasteiger partial charge is 0.345 e. The third kappa shape index (κ3) is 2.26. The van der Waals surface area contributed by atoms with Crippen LogP contribution in [0.15, 0.2) is 6.20 Å². The van der Waals surface area contributed by atoms with E-state index in [1.807, 2.05) is 6.92 Å². The second-order valence-corrected chi connectivity index (χ2v) is 2.45. The van der Waals surface area contributed by atoms with Crippen molar-refractivity contribution < 1.29 is 4.79 Å². The number of aromatic amines is 1. The van der Waals surface area contributed by atoms with Crippen LogP contribution in [0.4, 0.5) is 4.79 Å². The average Bonchev–Trinajstić information content (AvgIpc) is 2.47. The Morgan fingerprint density at radius 2 is 2.50 bits per heavy atom. The summed E-state index contributed by atoms with van der Waals surface area (Å²) in [4.78, 5) is 17.8. The Morgan fingerprint density at radius 1 is 1.75 bits per heavy atom. The fourth-order valence-electron chi connectivity index (χ4n) is 0.809. The maximum absolute atomic E-state index is 10.7. The van der Waals surface area contributed by atoms with Gasteiger partial charge in [-0.05, 0) is 6.92 Å². The van der Waals surface area contributed by atoms with E-state index < -0.39 is 0 Å². The van der Waals surface area contributed by atoms with Gasteiger partial charge in [-0.2, -0.15) is 0 Å². The molecule has 5 nitrogen and oxygen atoms in total. The molecule has 0 aliphatic heterocycles. The highest BCUT2D eigenvalue weighted by atomic mass is 16.2. The van der Waals surface area contributed by atoms with E-state index in [-0.39, 0.29) is 6.03 Å². The molecule has 5 heteroatoms. The first-order chi connectivity index (χ1) is 5.72. The highest BCUT2D eigenvalue weighted by molar-refractivity contribution is 5.73. The van der Waals surface area contributed by atoms with Crippen LogP contribution in [0.3, 0.4) is 0 Å². The first-order valence-corrected chi connectivity index (χ1v) is 3.68. The maximum Gasteiger partial charge on any atom is 0.314 e. The lowest BCUT2D eigenvalue weighted by molar-refractivity contribution is 0.242. The van der Waals surface area contributed by atoms with Gasteiger partial charge in [0.25, 0.3) is 0 Å². The highest BCUT2D eigenvalue weighted by Gasteiger charge is 1.98. The number of urea groups is 1. The number of hydrogen-bond acceptors (Lipinski definition) is 2. The molecule has 1 aromatic rings. The maximum atomic E-state index is 10.7. The lowest BCUT2D eigenvalue weighted by Gasteiger charge is -2.00. The summed E-state index contributed by atoms with van der Waals surface area (Å²) < 4.78 is 0. The van der Waals surface area contributed by atoms with E-state index in [1.165, 1.54) is 0 Å². The van der Waals surface area contributed by atoms with Gasteiger partial charge in [0.1, 0.15) is 5.82 Å². The number of carbonyl (C=O) groups excluding carboxylic acids is 1. The molecule has 0 aliphatic rings. The average molecular weight is 168 g/mol. The fraction of sp³-hybridized carbons (Fsp3) is 0.429. The van der Waals surface area contributed by atoms with E-state index >= 15 is 0 Å². The molecule has 2 amide bonds. The van der Waals surface area contributed by atoms with Gasteiger partial charge >= 0.3 is 6.03 Å². The number of rotatable bonds is 2. The first-order valence-electron chi connectivity index (χ1n) is 3.68. The Hall–Kier alpha value is -1.52. The molecule has 3 N–H and O–H groups in total. The third-order valence-corrected chi connectivity index (χ3v) is 1.40. The number of nitrogens with zero attached hydrogens (tertiary/aromatic N) is 1. The molecule has 0 saturated heterocycles. The summed E-state index contributed by atoms with van der Waals surface area (Å²) in [5, 5.41) is 5.07. The molecule has 0 unspecified atom stereocenters. The van der Waals surface area contributed by atoms with Crippen LogP contribution in [0.25, 0.3) is 0 Å². The molecule has 0 bridgehead atoms. The summed E-state index contributed by atoms with van der Waals surface area (Å²) in [7, 11) is 1.57. The van der Waals surface area contributed by atoms with Crippen LogP contribution < -0.4 is 10.6 Å². The minimum atomic E-state index is -0.205. The van der Waals surface area contributed by atoms with Crippen molar-refractivity contribution in [2.75, 3.05) is 7.05 Å². The van der Waals surface area contributed by atoms with E-state index in [1.54, 1.807) is 13.2 Å². The van der Waals surface area contributed by atoms with Gasteiger partial charge in [0.2, 0.25) is 0 Å². The predicted molar refractivity (Wildman–Crippen MR) is 44.6 cm³/mol. The zero-order chi connectivity index (χ0) is 8.97. The summed E-state index contributed by atoms with van der Waals surface area (Å²) in [6.45, 7) is 2.34. The number of hydrogen-bond donors (Lipinski definition) is 3. The summed E-state index contributed by atoms with van der Waals surface area (Å²) in [5.41, 5.74) is 0.990. The Morgan fingerprint density at radius 3 is 3.00 bits per heavy atom. The monoisotopic (exact) mass is 168 g/mol. The predicted octanol–water partition coefficient (Wildman–Crippen LogP) is 0.147. The van der Waals surface area contributed by atoms with Gasteiger partial charge in [-0.15, -0.1) is 0 Å². The Labute approximate surface area is 70.6 Å². The summed E-state index contributed by atoms with van der Waals surface area (Å²) in [5.74, 6) is 0.760. The summed E-state index contributed by atoms with van der Waals surface area (Å²) in [6, 6.07) is -0.205. The van der Waals surface area contributed by atoms with Crippen molar-refractivity contribution in [3.8, 4) is 0 Å². The van der Waals surface area contributed by atoms with Gasteiger partial charge in [0, 0.05) is 18.9 Å². The normalized spacial score (nSPS) is 9.50. The summed E-state index contributed by atoms with van der Waals surface area (Å²) >= 11 is 0. The van der Waals surface area contributed by atoms with Crippen molar-refractivity contribution >= 4 is 6.03 Å². The molecule has 0 saturated carbocycles. The zero-order valence-electron chi connectivity index (χ0n) is 7.14. The van der Waals surface area contributed by atoms with Gasteiger partial charge in [-0.25, -0.2) is 9.78 Å². The van der Waals surface area contributed by atoms with Crippen LogP contribution in [0.1, 0.15) is 11.5 Å². The van der Waals surface area contributed by atoms with Crippen molar-refractivity contribution in [1.29, 1.82) is 0 Å². The smallest absolute Gasteiger partial charge is 0.314 e. The van der Waals surface area contributed by atoms with Crippen molar-refractivity contribution in [1.82, 2.24) is 20.6 Å². The SMILES string of the molecule is CNC(=O)NCc1ncc(C)[nH]1. The molecule has 1 aromatic heterocycles. The molecule has 0 spiro atoms. The van der Waals surface area contributed by atoms with Crippen LogP contribution in [0.2, 0.25) is 0 Å². The molecular formula is C7H12N4O. The molecular weight excluding hydrogens is 156 g/mol. The molecule has 0 radical (unpaired) electrons. The van der Waals surface area contributed by atoms with E-state index in [0.717, 1.165) is 11.5 Å². The Bertz CT molecular complexity index is 268. The van der Waals surface area contributed by atoms with Gasteiger partial charge in [-0.1, -0.05) is 0 Å². The first kappa shape index (κ1) is 8.58. The molecule has 0 aromatic carbocycles. The van der Waals surface area contributed by atoms with Crippen molar-refractivity contribution in [2.24, 2.45) is 0 Å². The van der Waals surface area contributed by atoms with Crippen molar-refractivity contribution in [2.45, 2.75) is 13.5 Å². The number of aromatic nitrogens is 2. The standard InChI is InChI=1S/C7H12N4O/c1-5-3-9-6(11-5)4-10-7(12)8-2/h3H,4H2,1-2H3,(H,9,11)(H2,8,10,12). The van der Waals surface area contributed by atoms with Crippen molar-refractivity contribution in [3.05, 3.63) is 17.7 Å². The molecule has 12 heavy (non-hydrogen) atoms. The topological polar surface area (TPSA) is 69.8 Å². The second kappa shape index (κ2) is 3.75. The number of imidazole rings is 1. The van der Waals surface area contributed by atoms with Gasteiger partial charge in [-0.3, -0.25) is 0 Å². The third-order valence-electron chi connectivity index (χ3n) is 1.40. The second-order valence-electron chi connectivity index (χ2n) is 2.45. The number of nitrogens with one attached hydrogen (secondary N) is 3. The number of aryl methyl sites for hydroxylation is 1. The zero-order valence-corrected chi connectivity index (χ0v) is 7.14. The lowest BCUT2D eigenvalue weighted by atomic mass is 10.6. The fourth-order valence-corrected chi connectivity index (χ4v) is 0.809. The van der Waals surface area contributed by atoms with Gasteiger partial charge < -0.3 is 15.6 Å². The number of amides is 2. The van der Waals surface area contributed by atoms with Gasteiger partial charge in [0.15, 0.2) is 0 Å². The van der Waals surface area contributed by atoms with Crippen LogP contribution in [0, 0.1) is 6.92 Å². The van der Waals surface area contributed by atoms with Crippen LogP contribution in [0.5, 0.6) is 0 Å². The number of H-pyrrole nitrogens is 1. The van der Waals surface area contributed by atoms with Crippen LogP contribution in [-0.2, 0) is 6.54 Å². The quantitative estimate of drug-likeness (QED) is 0.588. The van der Waals surface area contributed by atoms with Crippen molar-refractivity contribution in [3.63, 3.8) is 0 Å². The molecule has 0 aliphatic carbocycles. The molecule has 1 heterocycles. The van der Waals surface area contributed by atoms with E-state index in [9.17, 15) is 4.79 Å². The van der Waals surface area contributed by atoms with E-state index in [2.05, 4.69) is 20.6 Å². The molecule has 0 fully saturated rings. The number of carbonyl (C=O) groups is 1. The van der Waals surface area contributed by atoms with Gasteiger partial charge in [0.05, 0.1) is 6.54 Å².